The summed E-state index contributed by atoms with van der Waals surface area (Å²) in [5.74, 6) is 1.10. The SMILES string of the molecule is COc1ccc(OCc2ccccc2)c(C2CCC(C(=O)O)CC2)c1. The Bertz CT molecular complexity index is 703. The van der Waals surface area contributed by atoms with Crippen LogP contribution in [0.3, 0.4) is 0 Å². The van der Waals surface area contributed by atoms with Crippen LogP contribution in [0.4, 0.5) is 0 Å². The zero-order valence-electron chi connectivity index (χ0n) is 14.5. The summed E-state index contributed by atoms with van der Waals surface area (Å²) in [5, 5.41) is 9.20. The Kier molecular flexibility index (Phi) is 5.59. The first-order valence-corrected chi connectivity index (χ1v) is 8.75. The van der Waals surface area contributed by atoms with Crippen LogP contribution in [0.15, 0.2) is 48.5 Å². The van der Waals surface area contributed by atoms with Gasteiger partial charge in [-0.1, -0.05) is 30.3 Å². The van der Waals surface area contributed by atoms with Gasteiger partial charge < -0.3 is 14.6 Å². The first-order chi connectivity index (χ1) is 12.2. The number of carbonyl (C=O) groups is 1. The van der Waals surface area contributed by atoms with Crippen molar-refractivity contribution in [3.63, 3.8) is 0 Å². The minimum absolute atomic E-state index is 0.212. The Balaban J connectivity index is 1.76. The first kappa shape index (κ1) is 17.3. The Morgan fingerprint density at radius 1 is 1.08 bits per heavy atom. The summed E-state index contributed by atoms with van der Waals surface area (Å²) in [6, 6.07) is 16.0. The minimum Gasteiger partial charge on any atom is -0.497 e. The van der Waals surface area contributed by atoms with Gasteiger partial charge in [-0.15, -0.1) is 0 Å². The number of aliphatic carboxylic acids is 1. The van der Waals surface area contributed by atoms with Gasteiger partial charge in [0.25, 0.3) is 0 Å². The van der Waals surface area contributed by atoms with E-state index in [1.807, 2.05) is 48.5 Å². The van der Waals surface area contributed by atoms with Crippen LogP contribution in [0.25, 0.3) is 0 Å². The molecule has 3 rings (SSSR count). The number of hydrogen-bond acceptors (Lipinski definition) is 3. The lowest BCUT2D eigenvalue weighted by molar-refractivity contribution is -0.142. The van der Waals surface area contributed by atoms with Crippen molar-refractivity contribution in [3.8, 4) is 11.5 Å². The number of carboxylic acids is 1. The number of ether oxygens (including phenoxy) is 2. The number of carboxylic acid groups (broad SMARTS) is 1. The molecule has 1 aliphatic rings. The largest absolute Gasteiger partial charge is 0.497 e. The number of benzene rings is 2. The molecule has 0 aromatic heterocycles. The zero-order chi connectivity index (χ0) is 17.6. The topological polar surface area (TPSA) is 55.8 Å². The average Bonchev–Trinajstić information content (AvgIpc) is 2.67. The van der Waals surface area contributed by atoms with E-state index in [9.17, 15) is 9.90 Å². The summed E-state index contributed by atoms with van der Waals surface area (Å²) in [6.07, 6.45) is 3.17. The van der Waals surface area contributed by atoms with Gasteiger partial charge in [-0.25, -0.2) is 0 Å². The van der Waals surface area contributed by atoms with E-state index in [1.54, 1.807) is 7.11 Å². The van der Waals surface area contributed by atoms with Gasteiger partial charge in [0, 0.05) is 5.56 Å². The second-order valence-electron chi connectivity index (χ2n) is 6.56. The molecular weight excluding hydrogens is 316 g/mol. The molecular formula is C21H24O4. The van der Waals surface area contributed by atoms with Gasteiger partial charge in [-0.2, -0.15) is 0 Å². The van der Waals surface area contributed by atoms with E-state index in [0.717, 1.165) is 48.3 Å². The molecule has 2 aromatic carbocycles. The number of hydrogen-bond donors (Lipinski definition) is 1. The molecule has 0 heterocycles. The van der Waals surface area contributed by atoms with Crippen LogP contribution in [-0.4, -0.2) is 18.2 Å². The van der Waals surface area contributed by atoms with E-state index in [2.05, 4.69) is 0 Å². The minimum atomic E-state index is -0.676. The van der Waals surface area contributed by atoms with Crippen molar-refractivity contribution in [1.82, 2.24) is 0 Å². The summed E-state index contributed by atoms with van der Waals surface area (Å²) in [7, 11) is 1.66. The van der Waals surface area contributed by atoms with E-state index < -0.39 is 5.97 Å². The molecule has 1 aliphatic carbocycles. The van der Waals surface area contributed by atoms with Crippen molar-refractivity contribution in [2.75, 3.05) is 7.11 Å². The quantitative estimate of drug-likeness (QED) is 0.833. The summed E-state index contributed by atoms with van der Waals surface area (Å²) >= 11 is 0. The lowest BCUT2D eigenvalue weighted by atomic mass is 9.78. The third kappa shape index (κ3) is 4.32. The molecule has 0 atom stereocenters. The van der Waals surface area contributed by atoms with Gasteiger partial charge in [0.15, 0.2) is 0 Å². The molecule has 1 fully saturated rings. The second kappa shape index (κ2) is 8.06. The molecule has 4 heteroatoms. The summed E-state index contributed by atoms with van der Waals surface area (Å²) < 4.78 is 11.5. The maximum atomic E-state index is 11.2. The number of rotatable bonds is 6. The van der Waals surface area contributed by atoms with Gasteiger partial charge in [-0.05, 0) is 55.4 Å². The Hall–Kier alpha value is -2.49. The monoisotopic (exact) mass is 340 g/mol. The maximum Gasteiger partial charge on any atom is 0.306 e. The Morgan fingerprint density at radius 3 is 2.44 bits per heavy atom. The lowest BCUT2D eigenvalue weighted by Crippen LogP contribution is -2.20. The van der Waals surface area contributed by atoms with Crippen molar-refractivity contribution < 1.29 is 19.4 Å². The molecule has 0 unspecified atom stereocenters. The standard InChI is InChI=1S/C21H24O4/c1-24-18-11-12-20(25-14-15-5-3-2-4-6-15)19(13-18)16-7-9-17(10-8-16)21(22)23/h2-6,11-13,16-17H,7-10,14H2,1H3,(H,22,23). The highest BCUT2D eigenvalue weighted by Gasteiger charge is 2.28. The predicted molar refractivity (Wildman–Crippen MR) is 96.1 cm³/mol. The van der Waals surface area contributed by atoms with Crippen molar-refractivity contribution in [2.24, 2.45) is 5.92 Å². The van der Waals surface area contributed by atoms with E-state index in [4.69, 9.17) is 9.47 Å². The normalized spacial score (nSPS) is 20.0. The van der Waals surface area contributed by atoms with E-state index in [1.165, 1.54) is 0 Å². The third-order valence-electron chi connectivity index (χ3n) is 4.97. The molecule has 0 aliphatic heterocycles. The lowest BCUT2D eigenvalue weighted by Gasteiger charge is -2.28. The van der Waals surface area contributed by atoms with Crippen LogP contribution in [0.2, 0.25) is 0 Å². The maximum absolute atomic E-state index is 11.2. The molecule has 0 saturated heterocycles. The Labute approximate surface area is 148 Å². The van der Waals surface area contributed by atoms with Crippen molar-refractivity contribution in [3.05, 3.63) is 59.7 Å². The molecule has 25 heavy (non-hydrogen) atoms. The molecule has 0 amide bonds. The van der Waals surface area contributed by atoms with Crippen LogP contribution < -0.4 is 9.47 Å². The highest BCUT2D eigenvalue weighted by molar-refractivity contribution is 5.70. The van der Waals surface area contributed by atoms with Crippen LogP contribution in [-0.2, 0) is 11.4 Å². The van der Waals surface area contributed by atoms with Gasteiger partial charge >= 0.3 is 5.97 Å². The fourth-order valence-corrected chi connectivity index (χ4v) is 3.49. The summed E-state index contributed by atoms with van der Waals surface area (Å²) in [6.45, 7) is 0.518. The van der Waals surface area contributed by atoms with E-state index >= 15 is 0 Å². The molecule has 1 saturated carbocycles. The Morgan fingerprint density at radius 2 is 1.80 bits per heavy atom. The van der Waals surface area contributed by atoms with E-state index in [-0.39, 0.29) is 5.92 Å². The third-order valence-corrected chi connectivity index (χ3v) is 4.97. The summed E-state index contributed by atoms with van der Waals surface area (Å²) in [4.78, 5) is 11.2. The zero-order valence-corrected chi connectivity index (χ0v) is 14.5. The predicted octanol–water partition coefficient (Wildman–Crippen LogP) is 4.63. The molecule has 4 nitrogen and oxygen atoms in total. The fraction of sp³-hybridized carbons (Fsp3) is 0.381. The second-order valence-corrected chi connectivity index (χ2v) is 6.56. The molecule has 0 spiro atoms. The molecule has 2 aromatic rings. The smallest absolute Gasteiger partial charge is 0.306 e. The van der Waals surface area contributed by atoms with Crippen LogP contribution >= 0.6 is 0 Å². The average molecular weight is 340 g/mol. The van der Waals surface area contributed by atoms with Gasteiger partial charge in [-0.3, -0.25) is 4.79 Å². The van der Waals surface area contributed by atoms with Gasteiger partial charge in [0.1, 0.15) is 18.1 Å². The van der Waals surface area contributed by atoms with Crippen molar-refractivity contribution in [2.45, 2.75) is 38.2 Å². The highest BCUT2D eigenvalue weighted by Crippen LogP contribution is 2.41. The van der Waals surface area contributed by atoms with Crippen molar-refractivity contribution >= 4 is 5.97 Å². The van der Waals surface area contributed by atoms with Gasteiger partial charge in [0.2, 0.25) is 0 Å². The van der Waals surface area contributed by atoms with E-state index in [0.29, 0.717) is 12.5 Å². The van der Waals surface area contributed by atoms with Crippen LogP contribution in [0.1, 0.15) is 42.7 Å². The fourth-order valence-electron chi connectivity index (χ4n) is 3.49. The van der Waals surface area contributed by atoms with Gasteiger partial charge in [0.05, 0.1) is 13.0 Å². The summed E-state index contributed by atoms with van der Waals surface area (Å²) in [5.41, 5.74) is 2.25. The molecule has 0 radical (unpaired) electrons. The van der Waals surface area contributed by atoms with Crippen LogP contribution in [0, 0.1) is 5.92 Å². The first-order valence-electron chi connectivity index (χ1n) is 8.75. The molecule has 132 valence electrons. The molecule has 0 bridgehead atoms. The molecule has 1 N–H and O–H groups in total. The van der Waals surface area contributed by atoms with Crippen LogP contribution in [0.5, 0.6) is 11.5 Å². The van der Waals surface area contributed by atoms with Crippen molar-refractivity contribution in [1.29, 1.82) is 0 Å². The number of methoxy groups -OCH3 is 1. The highest BCUT2D eigenvalue weighted by atomic mass is 16.5.